The van der Waals surface area contributed by atoms with Gasteiger partial charge in [-0.2, -0.15) is 5.10 Å². The zero-order chi connectivity index (χ0) is 21.1. The van der Waals surface area contributed by atoms with Gasteiger partial charge in [-0.3, -0.25) is 0 Å². The Morgan fingerprint density at radius 3 is 2.55 bits per heavy atom. The summed E-state index contributed by atoms with van der Waals surface area (Å²) in [6.07, 6.45) is 2.45. The summed E-state index contributed by atoms with van der Waals surface area (Å²) in [5.74, 6) is -1.03. The first-order valence-electron chi connectivity index (χ1n) is 9.49. The molecule has 8 nitrogen and oxygen atoms in total. The minimum Gasteiger partial charge on any atom is -0.382 e. The van der Waals surface area contributed by atoms with Crippen LogP contribution >= 0.6 is 0 Å². The maximum absolute atomic E-state index is 8.08. The molecule has 0 amide bonds. The van der Waals surface area contributed by atoms with Crippen LogP contribution in [0.2, 0.25) is 0 Å². The Morgan fingerprint density at radius 1 is 1.24 bits per heavy atom. The topological polar surface area (TPSA) is 115 Å². The van der Waals surface area contributed by atoms with Gasteiger partial charge in [0.15, 0.2) is 11.6 Å². The van der Waals surface area contributed by atoms with Crippen LogP contribution in [0, 0.1) is 0 Å². The van der Waals surface area contributed by atoms with Crippen molar-refractivity contribution >= 4 is 11.3 Å². The second-order valence-electron chi connectivity index (χ2n) is 7.83. The van der Waals surface area contributed by atoms with E-state index in [1.54, 1.807) is 0 Å². The summed E-state index contributed by atoms with van der Waals surface area (Å²) in [5, 5.41) is 20.4. The van der Waals surface area contributed by atoms with Crippen LogP contribution in [0.25, 0.3) is 5.52 Å². The average Bonchev–Trinajstić information content (AvgIpc) is 3.05. The first-order valence-corrected chi connectivity index (χ1v) is 9.49. The summed E-state index contributed by atoms with van der Waals surface area (Å²) in [5.41, 5.74) is 8.49. The van der Waals surface area contributed by atoms with Gasteiger partial charge in [0.1, 0.15) is 17.4 Å². The number of fused-ring (bicyclic) bond motifs is 1. The molecule has 156 valence electrons. The van der Waals surface area contributed by atoms with Gasteiger partial charge in [0.25, 0.3) is 0 Å². The van der Waals surface area contributed by atoms with E-state index in [0.29, 0.717) is 19.0 Å². The predicted octanol–water partition coefficient (Wildman–Crippen LogP) is 2.24. The zero-order valence-corrected chi connectivity index (χ0v) is 16.9. The normalized spacial score (nSPS) is 21.3. The van der Waals surface area contributed by atoms with Crippen LogP contribution < -0.4 is 5.73 Å². The maximum atomic E-state index is 8.08. The molecule has 0 aliphatic carbocycles. The van der Waals surface area contributed by atoms with E-state index < -0.39 is 5.79 Å². The molecular weight excluding hydrogens is 372 g/mol. The Bertz CT molecular complexity index is 925. The minimum absolute atomic E-state index is 0.100. The highest BCUT2D eigenvalue weighted by Crippen LogP contribution is 2.42. The average molecular weight is 400 g/mol. The molecule has 3 aromatic rings. The SMILES string of the molecule is CC(C)(O)O.CC1(c2ccc3c(N)ncnn23)CC(COCc2ccccc2)O1. The highest BCUT2D eigenvalue weighted by atomic mass is 16.6. The summed E-state index contributed by atoms with van der Waals surface area (Å²) < 4.78 is 13.7. The monoisotopic (exact) mass is 400 g/mol. The summed E-state index contributed by atoms with van der Waals surface area (Å²) in [4.78, 5) is 4.02. The van der Waals surface area contributed by atoms with Gasteiger partial charge in [-0.15, -0.1) is 0 Å². The number of aliphatic hydroxyl groups is 2. The van der Waals surface area contributed by atoms with Gasteiger partial charge in [0.05, 0.1) is 25.0 Å². The van der Waals surface area contributed by atoms with E-state index in [1.165, 1.54) is 25.7 Å². The van der Waals surface area contributed by atoms with Crippen LogP contribution in [0.4, 0.5) is 5.82 Å². The van der Waals surface area contributed by atoms with Crippen molar-refractivity contribution in [3.63, 3.8) is 0 Å². The van der Waals surface area contributed by atoms with Crippen molar-refractivity contribution in [1.82, 2.24) is 14.6 Å². The van der Waals surface area contributed by atoms with Crippen LogP contribution in [-0.4, -0.2) is 43.3 Å². The number of nitrogens with two attached hydrogens (primary N) is 1. The number of anilines is 1. The third-order valence-corrected chi connectivity index (χ3v) is 4.48. The van der Waals surface area contributed by atoms with Crippen LogP contribution in [0.3, 0.4) is 0 Å². The Kier molecular flexibility index (Phi) is 6.18. The van der Waals surface area contributed by atoms with Crippen LogP contribution in [0.15, 0.2) is 48.8 Å². The van der Waals surface area contributed by atoms with Crippen molar-refractivity contribution in [3.05, 3.63) is 60.0 Å². The van der Waals surface area contributed by atoms with Crippen molar-refractivity contribution in [2.75, 3.05) is 12.3 Å². The van der Waals surface area contributed by atoms with Crippen LogP contribution in [0.1, 0.15) is 38.4 Å². The highest BCUT2D eigenvalue weighted by Gasteiger charge is 2.45. The standard InChI is InChI=1S/C18H20N4O2.C3H8O2/c1-18(16-8-7-15-17(19)20-12-21-22(15)16)9-14(24-18)11-23-10-13-5-3-2-4-6-13;1-3(2,4)5/h2-8,12,14H,9-11H2,1H3,(H2,19,20,21);4-5H,1-2H3. The molecule has 8 heteroatoms. The van der Waals surface area contributed by atoms with Gasteiger partial charge in [-0.25, -0.2) is 9.50 Å². The molecule has 4 N–H and O–H groups in total. The summed E-state index contributed by atoms with van der Waals surface area (Å²) >= 11 is 0. The van der Waals surface area contributed by atoms with Crippen molar-refractivity contribution in [2.45, 2.75) is 51.3 Å². The second-order valence-corrected chi connectivity index (χ2v) is 7.83. The van der Waals surface area contributed by atoms with Crippen LogP contribution in [0.5, 0.6) is 0 Å². The summed E-state index contributed by atoms with van der Waals surface area (Å²) in [6, 6.07) is 14.1. The Labute approximate surface area is 169 Å². The molecule has 3 heterocycles. The fourth-order valence-corrected chi connectivity index (χ4v) is 3.29. The van der Waals surface area contributed by atoms with Crippen LogP contribution in [-0.2, 0) is 21.7 Å². The van der Waals surface area contributed by atoms with Gasteiger partial charge < -0.3 is 25.4 Å². The number of nitrogen functional groups attached to an aromatic ring is 1. The van der Waals surface area contributed by atoms with Gasteiger partial charge >= 0.3 is 0 Å². The molecular formula is C21H28N4O4. The molecule has 1 aliphatic heterocycles. The van der Waals surface area contributed by atoms with Crippen molar-refractivity contribution in [3.8, 4) is 0 Å². The first kappa shape index (κ1) is 21.2. The predicted molar refractivity (Wildman–Crippen MR) is 109 cm³/mol. The van der Waals surface area contributed by atoms with Crippen molar-refractivity contribution in [1.29, 1.82) is 0 Å². The lowest BCUT2D eigenvalue weighted by molar-refractivity contribution is -0.223. The number of hydrogen-bond acceptors (Lipinski definition) is 7. The van der Waals surface area contributed by atoms with Gasteiger partial charge in [0.2, 0.25) is 0 Å². The Morgan fingerprint density at radius 2 is 1.90 bits per heavy atom. The molecule has 1 fully saturated rings. The van der Waals surface area contributed by atoms with E-state index >= 15 is 0 Å². The van der Waals surface area contributed by atoms with Crippen molar-refractivity contribution in [2.24, 2.45) is 0 Å². The number of nitrogens with zero attached hydrogens (tertiary/aromatic N) is 3. The zero-order valence-electron chi connectivity index (χ0n) is 16.9. The molecule has 1 aromatic carbocycles. The molecule has 4 rings (SSSR count). The number of aromatic nitrogens is 3. The maximum Gasteiger partial charge on any atom is 0.156 e. The van der Waals surface area contributed by atoms with E-state index in [-0.39, 0.29) is 11.7 Å². The molecule has 2 atom stereocenters. The lowest BCUT2D eigenvalue weighted by Gasteiger charge is -2.45. The third kappa shape index (κ3) is 5.51. The molecule has 0 spiro atoms. The number of rotatable bonds is 5. The summed E-state index contributed by atoms with van der Waals surface area (Å²) in [7, 11) is 0. The molecule has 2 aromatic heterocycles. The lowest BCUT2D eigenvalue weighted by atomic mass is 9.88. The molecule has 0 saturated carbocycles. The fourth-order valence-electron chi connectivity index (χ4n) is 3.29. The number of benzene rings is 1. The largest absolute Gasteiger partial charge is 0.382 e. The molecule has 1 aliphatic rings. The third-order valence-electron chi connectivity index (χ3n) is 4.48. The van der Waals surface area contributed by atoms with E-state index in [0.717, 1.165) is 17.6 Å². The molecule has 29 heavy (non-hydrogen) atoms. The molecule has 1 saturated heterocycles. The Balaban J connectivity index is 0.000000431. The second kappa shape index (κ2) is 8.46. The van der Waals surface area contributed by atoms with E-state index in [2.05, 4.69) is 29.1 Å². The highest BCUT2D eigenvalue weighted by molar-refractivity contribution is 5.65. The van der Waals surface area contributed by atoms with Gasteiger partial charge in [-0.1, -0.05) is 30.3 Å². The first-order chi connectivity index (χ1) is 13.7. The smallest absolute Gasteiger partial charge is 0.156 e. The fraction of sp³-hybridized carbons (Fsp3) is 0.429. The van der Waals surface area contributed by atoms with Gasteiger partial charge in [0, 0.05) is 6.42 Å². The minimum atomic E-state index is -1.50. The molecule has 2 unspecified atom stereocenters. The van der Waals surface area contributed by atoms with E-state index in [1.807, 2.05) is 34.8 Å². The summed E-state index contributed by atoms with van der Waals surface area (Å²) in [6.45, 7) is 5.86. The number of ether oxygens (including phenoxy) is 2. The number of hydrogen-bond donors (Lipinski definition) is 3. The molecule has 0 radical (unpaired) electrons. The van der Waals surface area contributed by atoms with E-state index in [4.69, 9.17) is 25.4 Å². The Hall–Kier alpha value is -2.52. The molecule has 0 bridgehead atoms. The van der Waals surface area contributed by atoms with E-state index in [9.17, 15) is 0 Å². The lowest BCUT2D eigenvalue weighted by Crippen LogP contribution is -2.48. The van der Waals surface area contributed by atoms with Gasteiger partial charge in [-0.05, 0) is 38.5 Å². The quantitative estimate of drug-likeness (QED) is 0.563. The van der Waals surface area contributed by atoms with Crippen molar-refractivity contribution < 1.29 is 19.7 Å².